The van der Waals surface area contributed by atoms with Crippen LogP contribution < -0.4 is 0 Å². The highest BCUT2D eigenvalue weighted by molar-refractivity contribution is 7.48. The van der Waals surface area contributed by atoms with Gasteiger partial charge in [0.25, 0.3) is 6.43 Å². The van der Waals surface area contributed by atoms with Crippen LogP contribution in [0.2, 0.25) is 0 Å². The largest absolute Gasteiger partial charge is 0.475 e. The summed E-state index contributed by atoms with van der Waals surface area (Å²) in [7, 11) is -4.24. The number of hydrogen-bond acceptors (Lipinski definition) is 8. The van der Waals surface area contributed by atoms with Gasteiger partial charge in [-0.3, -0.25) is 28.1 Å². The summed E-state index contributed by atoms with van der Waals surface area (Å²) in [5.41, 5.74) is -2.49. The zero-order valence-electron chi connectivity index (χ0n) is 14.2. The first kappa shape index (κ1) is 20.8. The topological polar surface area (TPSA) is 112 Å². The summed E-state index contributed by atoms with van der Waals surface area (Å²) in [5, 5.41) is 10.2. The summed E-state index contributed by atoms with van der Waals surface area (Å²) >= 11 is 5.72. The molecule has 1 unspecified atom stereocenters. The average molecular weight is 432 g/mol. The number of hydrogen-bond donors (Lipinski definition) is 1. The average Bonchev–Trinajstić information content (AvgIpc) is 2.84. The molecular weight excluding hydrogens is 415 g/mol. The van der Waals surface area contributed by atoms with Crippen molar-refractivity contribution in [1.82, 2.24) is 4.90 Å². The van der Waals surface area contributed by atoms with E-state index in [0.29, 0.717) is 0 Å². The minimum Gasteiger partial charge on any atom is -0.386 e. The quantitative estimate of drug-likeness (QED) is 0.527. The Hall–Kier alpha value is -0.940. The summed E-state index contributed by atoms with van der Waals surface area (Å²) in [6.45, 7) is 2.16. The number of ether oxygens (including phenoxy) is 1. The van der Waals surface area contributed by atoms with Crippen molar-refractivity contribution in [2.45, 2.75) is 56.8 Å². The van der Waals surface area contributed by atoms with Crippen LogP contribution >= 0.6 is 19.4 Å². The van der Waals surface area contributed by atoms with Gasteiger partial charge in [0.2, 0.25) is 5.91 Å². The van der Waals surface area contributed by atoms with Crippen molar-refractivity contribution in [3.05, 3.63) is 11.2 Å². The number of halogens is 3. The fourth-order valence-electron chi connectivity index (χ4n) is 2.99. The number of amides is 1. The minimum atomic E-state index is -4.24. The summed E-state index contributed by atoms with van der Waals surface area (Å²) in [5.74, 6) is -1.46. The molecule has 0 aromatic heterocycles. The zero-order chi connectivity index (χ0) is 20.1. The predicted octanol–water partition coefficient (Wildman–Crippen LogP) is 1.54. The van der Waals surface area contributed by atoms with Gasteiger partial charge in [0.05, 0.1) is 19.1 Å². The number of Topliss-reactive ketones (excluding diaryl/α,β-unsaturated/α-hetero) is 1. The Morgan fingerprint density at radius 1 is 1.44 bits per heavy atom. The maximum Gasteiger partial charge on any atom is 0.475 e. The lowest BCUT2D eigenvalue weighted by Gasteiger charge is -2.39. The fraction of sp³-hybridized carbons (Fsp3) is 0.714. The van der Waals surface area contributed by atoms with Crippen LogP contribution in [0, 0.1) is 0 Å². The number of carbonyl (C=O) groups is 2. The zero-order valence-corrected chi connectivity index (χ0v) is 15.9. The Morgan fingerprint density at radius 2 is 2.11 bits per heavy atom. The lowest BCUT2D eigenvalue weighted by atomic mass is 9.96. The summed E-state index contributed by atoms with van der Waals surface area (Å²) in [6, 6.07) is 0. The predicted molar refractivity (Wildman–Crippen MR) is 84.7 cm³/mol. The maximum atomic E-state index is 13.8. The van der Waals surface area contributed by atoms with Crippen LogP contribution in [0.25, 0.3) is 0 Å². The molecule has 152 valence electrons. The molecule has 0 aliphatic carbocycles. The lowest BCUT2D eigenvalue weighted by Crippen LogP contribution is -2.56. The molecule has 2 fully saturated rings. The Morgan fingerprint density at radius 3 is 2.70 bits per heavy atom. The Kier molecular flexibility index (Phi) is 5.50. The molecule has 0 aromatic carbocycles. The van der Waals surface area contributed by atoms with Crippen molar-refractivity contribution in [2.75, 3.05) is 6.61 Å². The number of fused-ring (bicyclic) bond motifs is 1. The summed E-state index contributed by atoms with van der Waals surface area (Å²) in [4.78, 5) is 24.3. The second kappa shape index (κ2) is 7.14. The third kappa shape index (κ3) is 3.57. The monoisotopic (exact) mass is 431 g/mol. The molecule has 3 aliphatic heterocycles. The van der Waals surface area contributed by atoms with Gasteiger partial charge < -0.3 is 9.84 Å². The van der Waals surface area contributed by atoms with Crippen molar-refractivity contribution in [3.8, 4) is 0 Å². The van der Waals surface area contributed by atoms with E-state index >= 15 is 0 Å². The van der Waals surface area contributed by atoms with Crippen LogP contribution in [0.4, 0.5) is 8.78 Å². The van der Waals surface area contributed by atoms with E-state index in [2.05, 4.69) is 0 Å². The first-order valence-electron chi connectivity index (χ1n) is 7.96. The van der Waals surface area contributed by atoms with E-state index in [0.717, 1.165) is 11.1 Å². The van der Waals surface area contributed by atoms with Gasteiger partial charge in [-0.15, -0.1) is 0 Å². The number of nitrogens with zero attached hydrogens (tertiary/aromatic N) is 1. The van der Waals surface area contributed by atoms with Gasteiger partial charge in [-0.1, -0.05) is 11.6 Å². The van der Waals surface area contributed by atoms with E-state index in [9.17, 15) is 28.0 Å². The molecular formula is C14H17ClF2NO8P. The number of ketones is 1. The Labute approximate surface area is 157 Å². The summed E-state index contributed by atoms with van der Waals surface area (Å²) in [6.07, 6.45) is -8.82. The molecule has 0 saturated carbocycles. The minimum absolute atomic E-state index is 0.322. The number of allylic oxidation sites excluding steroid dienone is 1. The standard InChI is InChI=1S/C14H17ClF2NO8P/c1-6(2)25-27(22)23-5-14(13(16)17)11(26-27)10(21)12(24-14)18-4-7(15)8(19)3-9(18)20/h4,6,10-13,21H,3,5H2,1-2H3/t10-,11-,12-,14-,27?/m1/s1. The van der Waals surface area contributed by atoms with E-state index in [1.165, 1.54) is 13.8 Å². The number of phosphoric acid groups is 1. The van der Waals surface area contributed by atoms with Crippen LogP contribution in [0.3, 0.4) is 0 Å². The van der Waals surface area contributed by atoms with Crippen LogP contribution in [0.15, 0.2) is 11.2 Å². The molecule has 1 amide bonds. The maximum absolute atomic E-state index is 13.8. The highest BCUT2D eigenvalue weighted by Crippen LogP contribution is 2.60. The van der Waals surface area contributed by atoms with Crippen molar-refractivity contribution < 1.29 is 46.3 Å². The highest BCUT2D eigenvalue weighted by Gasteiger charge is 2.68. The van der Waals surface area contributed by atoms with E-state index in [4.69, 9.17) is 29.9 Å². The molecule has 3 aliphatic rings. The van der Waals surface area contributed by atoms with Crippen molar-refractivity contribution >= 4 is 31.1 Å². The second-order valence-electron chi connectivity index (χ2n) is 6.53. The van der Waals surface area contributed by atoms with Gasteiger partial charge in [-0.2, -0.15) is 0 Å². The third-order valence-corrected chi connectivity index (χ3v) is 6.14. The first-order valence-corrected chi connectivity index (χ1v) is 9.80. The fourth-order valence-corrected chi connectivity index (χ4v) is 4.79. The van der Waals surface area contributed by atoms with Crippen molar-refractivity contribution in [3.63, 3.8) is 0 Å². The molecule has 5 atom stereocenters. The van der Waals surface area contributed by atoms with Crippen molar-refractivity contribution in [2.24, 2.45) is 0 Å². The van der Waals surface area contributed by atoms with Crippen LogP contribution in [-0.2, 0) is 32.5 Å². The number of aliphatic hydroxyl groups excluding tert-OH is 1. The molecule has 0 radical (unpaired) electrons. The molecule has 13 heteroatoms. The summed E-state index contributed by atoms with van der Waals surface area (Å²) < 4.78 is 60.4. The third-order valence-electron chi connectivity index (χ3n) is 4.22. The highest BCUT2D eigenvalue weighted by atomic mass is 35.5. The molecule has 3 heterocycles. The molecule has 3 rings (SSSR count). The molecule has 9 nitrogen and oxygen atoms in total. The second-order valence-corrected chi connectivity index (χ2v) is 8.51. The van der Waals surface area contributed by atoms with E-state index in [1.807, 2.05) is 0 Å². The van der Waals surface area contributed by atoms with Gasteiger partial charge in [0.1, 0.15) is 17.2 Å². The number of carbonyl (C=O) groups excluding carboxylic acids is 2. The number of aliphatic hydroxyl groups is 1. The molecule has 0 aromatic rings. The Bertz CT molecular complexity index is 734. The smallest absolute Gasteiger partial charge is 0.386 e. The van der Waals surface area contributed by atoms with Gasteiger partial charge >= 0.3 is 7.82 Å². The van der Waals surface area contributed by atoms with Crippen molar-refractivity contribution in [1.29, 1.82) is 0 Å². The Balaban J connectivity index is 1.93. The number of phosphoric ester groups is 1. The van der Waals surface area contributed by atoms with E-state index in [1.54, 1.807) is 0 Å². The van der Waals surface area contributed by atoms with Crippen LogP contribution in [0.1, 0.15) is 20.3 Å². The molecule has 1 N–H and O–H groups in total. The SMILES string of the molecule is CC(C)OP1(=O)OC[C@@]2(C(F)F)O[C@@H](N3C=C(Cl)C(=O)CC3=O)[C@H](O)[C@H]2O1. The van der Waals surface area contributed by atoms with Gasteiger partial charge in [-0.05, 0) is 13.8 Å². The first-order chi connectivity index (χ1) is 12.5. The normalized spacial score (nSPS) is 39.9. The molecule has 0 bridgehead atoms. The van der Waals surface area contributed by atoms with Crippen LogP contribution in [-0.4, -0.2) is 64.9 Å². The van der Waals surface area contributed by atoms with E-state index < -0.39 is 69.1 Å². The van der Waals surface area contributed by atoms with Crippen LogP contribution in [0.5, 0.6) is 0 Å². The lowest BCUT2D eigenvalue weighted by molar-refractivity contribution is -0.213. The van der Waals surface area contributed by atoms with Gasteiger partial charge in [0.15, 0.2) is 17.6 Å². The molecule has 0 spiro atoms. The van der Waals surface area contributed by atoms with E-state index in [-0.39, 0.29) is 5.03 Å². The molecule has 2 saturated heterocycles. The number of rotatable bonds is 4. The molecule has 27 heavy (non-hydrogen) atoms. The van der Waals surface area contributed by atoms with Gasteiger partial charge in [-0.25, -0.2) is 13.3 Å². The number of alkyl halides is 2. The van der Waals surface area contributed by atoms with Gasteiger partial charge in [0, 0.05) is 6.20 Å².